The molecule has 0 radical (unpaired) electrons. The van der Waals surface area contributed by atoms with Gasteiger partial charge in [-0.2, -0.15) is 0 Å². The van der Waals surface area contributed by atoms with Crippen molar-refractivity contribution in [1.82, 2.24) is 14.5 Å². The van der Waals surface area contributed by atoms with E-state index in [0.717, 1.165) is 0 Å². The molecule has 0 bridgehead atoms. The van der Waals surface area contributed by atoms with E-state index in [1.165, 1.54) is 17.0 Å². The summed E-state index contributed by atoms with van der Waals surface area (Å²) < 4.78 is 1.49. The van der Waals surface area contributed by atoms with Crippen LogP contribution < -0.4 is 5.56 Å². The van der Waals surface area contributed by atoms with E-state index in [1.807, 2.05) is 0 Å². The van der Waals surface area contributed by atoms with Gasteiger partial charge in [0.15, 0.2) is 0 Å². The number of hydrogen-bond donors (Lipinski definition) is 0. The molecule has 2 heterocycles. The lowest BCUT2D eigenvalue weighted by Crippen LogP contribution is -2.15. The maximum absolute atomic E-state index is 11.3. The van der Waals surface area contributed by atoms with E-state index in [-0.39, 0.29) is 5.56 Å². The Morgan fingerprint density at radius 1 is 1.15 bits per heavy atom. The Labute approximate surface area is 74.5 Å². The highest BCUT2D eigenvalue weighted by molar-refractivity contribution is 5.24. The molecule has 13 heavy (non-hydrogen) atoms. The molecule has 0 aliphatic heterocycles. The van der Waals surface area contributed by atoms with Gasteiger partial charge in [0, 0.05) is 12.3 Å². The van der Waals surface area contributed by atoms with Crippen LogP contribution in [0.1, 0.15) is 0 Å². The van der Waals surface area contributed by atoms with E-state index in [1.54, 1.807) is 30.7 Å². The molecule has 0 N–H and O–H groups in total. The second-order valence-electron chi connectivity index (χ2n) is 2.51. The topological polar surface area (TPSA) is 47.8 Å². The average Bonchev–Trinajstić information content (AvgIpc) is 2.20. The fourth-order valence-electron chi connectivity index (χ4n) is 1.06. The number of aromatic nitrogens is 3. The molecule has 0 unspecified atom stereocenters. The molecular formula is C9H7N3O. The van der Waals surface area contributed by atoms with Gasteiger partial charge in [-0.15, -0.1) is 0 Å². The zero-order valence-corrected chi connectivity index (χ0v) is 6.79. The summed E-state index contributed by atoms with van der Waals surface area (Å²) in [7, 11) is 0. The van der Waals surface area contributed by atoms with Gasteiger partial charge in [0.05, 0.1) is 18.1 Å². The number of rotatable bonds is 1. The minimum absolute atomic E-state index is 0.0858. The van der Waals surface area contributed by atoms with Gasteiger partial charge in [-0.3, -0.25) is 9.36 Å². The summed E-state index contributed by atoms with van der Waals surface area (Å²) >= 11 is 0. The van der Waals surface area contributed by atoms with Crippen molar-refractivity contribution in [2.45, 2.75) is 0 Å². The minimum atomic E-state index is -0.0858. The van der Waals surface area contributed by atoms with Crippen molar-refractivity contribution in [3.8, 4) is 5.69 Å². The van der Waals surface area contributed by atoms with Gasteiger partial charge in [-0.25, -0.2) is 9.97 Å². The van der Waals surface area contributed by atoms with Gasteiger partial charge in [-0.05, 0) is 6.07 Å². The zero-order chi connectivity index (χ0) is 9.10. The molecule has 0 aromatic carbocycles. The van der Waals surface area contributed by atoms with Crippen molar-refractivity contribution in [2.24, 2.45) is 0 Å². The van der Waals surface area contributed by atoms with Crippen molar-refractivity contribution in [2.75, 3.05) is 0 Å². The Balaban J connectivity index is 2.60. The maximum Gasteiger partial charge on any atom is 0.255 e. The fraction of sp³-hybridized carbons (Fsp3) is 0. The van der Waals surface area contributed by atoms with E-state index in [4.69, 9.17) is 0 Å². The molecule has 2 aromatic heterocycles. The van der Waals surface area contributed by atoms with E-state index in [9.17, 15) is 4.79 Å². The lowest BCUT2D eigenvalue weighted by molar-refractivity contribution is 0.958. The Kier molecular flexibility index (Phi) is 1.88. The van der Waals surface area contributed by atoms with E-state index >= 15 is 0 Å². The highest BCUT2D eigenvalue weighted by Crippen LogP contribution is 1.97. The summed E-state index contributed by atoms with van der Waals surface area (Å²) in [6, 6.07) is 4.98. The molecule has 0 spiro atoms. The lowest BCUT2D eigenvalue weighted by atomic mass is 10.4. The molecule has 0 amide bonds. The maximum atomic E-state index is 11.3. The summed E-state index contributed by atoms with van der Waals surface area (Å²) in [5, 5.41) is 0. The van der Waals surface area contributed by atoms with Crippen LogP contribution in [0.5, 0.6) is 0 Å². The Bertz CT molecular complexity index is 450. The van der Waals surface area contributed by atoms with Crippen molar-refractivity contribution >= 4 is 0 Å². The first kappa shape index (κ1) is 7.67. The predicted molar refractivity (Wildman–Crippen MR) is 47.6 cm³/mol. The van der Waals surface area contributed by atoms with Gasteiger partial charge in [0.2, 0.25) is 0 Å². The second-order valence-corrected chi connectivity index (χ2v) is 2.51. The quantitative estimate of drug-likeness (QED) is 0.635. The summed E-state index contributed by atoms with van der Waals surface area (Å²) in [6.45, 7) is 0. The van der Waals surface area contributed by atoms with Crippen LogP contribution in [-0.2, 0) is 0 Å². The molecular weight excluding hydrogens is 166 g/mol. The van der Waals surface area contributed by atoms with Crippen molar-refractivity contribution in [1.29, 1.82) is 0 Å². The van der Waals surface area contributed by atoms with Crippen molar-refractivity contribution in [3.63, 3.8) is 0 Å². The highest BCUT2D eigenvalue weighted by atomic mass is 16.1. The summed E-state index contributed by atoms with van der Waals surface area (Å²) in [6.07, 6.45) is 6.29. The Morgan fingerprint density at radius 2 is 1.92 bits per heavy atom. The molecule has 2 rings (SSSR count). The molecule has 0 saturated carbocycles. The van der Waals surface area contributed by atoms with Gasteiger partial charge >= 0.3 is 0 Å². The normalized spacial score (nSPS) is 9.85. The van der Waals surface area contributed by atoms with E-state index < -0.39 is 0 Å². The van der Waals surface area contributed by atoms with Crippen LogP contribution in [0.3, 0.4) is 0 Å². The lowest BCUT2D eigenvalue weighted by Gasteiger charge is -2.01. The SMILES string of the molecule is O=c1ccccn1-c1cncnc1. The standard InChI is InChI=1S/C9H7N3O/c13-9-3-1-2-4-12(9)8-5-10-7-11-6-8/h1-7H. The molecule has 0 aliphatic rings. The monoisotopic (exact) mass is 173 g/mol. The minimum Gasteiger partial charge on any atom is -0.281 e. The summed E-state index contributed by atoms with van der Waals surface area (Å²) in [5.74, 6) is 0. The zero-order valence-electron chi connectivity index (χ0n) is 6.79. The van der Waals surface area contributed by atoms with Crippen LogP contribution in [0.25, 0.3) is 5.69 Å². The summed E-state index contributed by atoms with van der Waals surface area (Å²) in [4.78, 5) is 19.0. The van der Waals surface area contributed by atoms with Crippen LogP contribution in [0.4, 0.5) is 0 Å². The molecule has 4 heteroatoms. The smallest absolute Gasteiger partial charge is 0.255 e. The van der Waals surface area contributed by atoms with E-state index in [0.29, 0.717) is 5.69 Å². The Morgan fingerprint density at radius 3 is 2.62 bits per heavy atom. The van der Waals surface area contributed by atoms with Crippen LogP contribution in [0, 0.1) is 0 Å². The first-order chi connectivity index (χ1) is 6.38. The average molecular weight is 173 g/mol. The second kappa shape index (κ2) is 3.18. The van der Waals surface area contributed by atoms with Crippen LogP contribution >= 0.6 is 0 Å². The molecule has 2 aromatic rings. The van der Waals surface area contributed by atoms with Gasteiger partial charge < -0.3 is 0 Å². The number of hydrogen-bond acceptors (Lipinski definition) is 3. The van der Waals surface area contributed by atoms with Crippen LogP contribution in [0.2, 0.25) is 0 Å². The third-order valence-corrected chi connectivity index (χ3v) is 1.65. The molecule has 0 fully saturated rings. The number of pyridine rings is 1. The van der Waals surface area contributed by atoms with Gasteiger partial charge in [-0.1, -0.05) is 6.07 Å². The predicted octanol–water partition coefficient (Wildman–Crippen LogP) is 0.627. The first-order valence-electron chi connectivity index (χ1n) is 3.81. The number of nitrogens with zero attached hydrogens (tertiary/aromatic N) is 3. The van der Waals surface area contributed by atoms with Crippen molar-refractivity contribution in [3.05, 3.63) is 53.5 Å². The van der Waals surface area contributed by atoms with Crippen LogP contribution in [0.15, 0.2) is 47.9 Å². The van der Waals surface area contributed by atoms with Crippen LogP contribution in [-0.4, -0.2) is 14.5 Å². The molecule has 64 valence electrons. The van der Waals surface area contributed by atoms with Gasteiger partial charge in [0.25, 0.3) is 5.56 Å². The third kappa shape index (κ3) is 1.46. The Hall–Kier alpha value is -1.97. The molecule has 4 nitrogen and oxygen atoms in total. The van der Waals surface area contributed by atoms with Gasteiger partial charge in [0.1, 0.15) is 6.33 Å². The molecule has 0 atom stereocenters. The highest BCUT2D eigenvalue weighted by Gasteiger charge is 1.96. The third-order valence-electron chi connectivity index (χ3n) is 1.65. The summed E-state index contributed by atoms with van der Waals surface area (Å²) in [5.41, 5.74) is 0.588. The first-order valence-corrected chi connectivity index (χ1v) is 3.81. The molecule has 0 aliphatic carbocycles. The fourth-order valence-corrected chi connectivity index (χ4v) is 1.06. The largest absolute Gasteiger partial charge is 0.281 e. The van der Waals surface area contributed by atoms with E-state index in [2.05, 4.69) is 9.97 Å². The van der Waals surface area contributed by atoms with Crippen molar-refractivity contribution < 1.29 is 0 Å². The molecule has 0 saturated heterocycles.